The third-order valence-electron chi connectivity index (χ3n) is 4.03. The van der Waals surface area contributed by atoms with Crippen LogP contribution in [0.1, 0.15) is 23.2 Å². The molecule has 0 saturated carbocycles. The van der Waals surface area contributed by atoms with Gasteiger partial charge < -0.3 is 10.2 Å². The minimum absolute atomic E-state index is 0.129. The number of carbonyl (C=O) groups is 1. The summed E-state index contributed by atoms with van der Waals surface area (Å²) < 4.78 is 1.01. The van der Waals surface area contributed by atoms with Gasteiger partial charge in [-0.2, -0.15) is 0 Å². The minimum Gasteiger partial charge on any atom is -0.357 e. The van der Waals surface area contributed by atoms with Crippen molar-refractivity contribution >= 4 is 39.0 Å². The molecule has 0 bridgehead atoms. The van der Waals surface area contributed by atoms with E-state index in [4.69, 9.17) is 0 Å². The number of benzene rings is 1. The van der Waals surface area contributed by atoms with Crippen molar-refractivity contribution in [3.8, 4) is 0 Å². The lowest BCUT2D eigenvalue weighted by atomic mass is 10.2. The number of pyridine rings is 1. The predicted molar refractivity (Wildman–Crippen MR) is 93.3 cm³/mol. The first-order valence-electron chi connectivity index (χ1n) is 7.65. The van der Waals surface area contributed by atoms with Gasteiger partial charge in [-0.05, 0) is 43.2 Å². The van der Waals surface area contributed by atoms with Crippen molar-refractivity contribution in [3.05, 3.63) is 47.6 Å². The average Bonchev–Trinajstić information content (AvgIpc) is 3.26. The third kappa shape index (κ3) is 2.90. The monoisotopic (exact) mass is 324 g/mol. The lowest BCUT2D eigenvalue weighted by molar-refractivity contribution is 0.102. The van der Waals surface area contributed by atoms with Crippen molar-refractivity contribution in [2.45, 2.75) is 12.8 Å². The van der Waals surface area contributed by atoms with Crippen LogP contribution in [-0.4, -0.2) is 29.0 Å². The van der Waals surface area contributed by atoms with Crippen molar-refractivity contribution in [3.63, 3.8) is 0 Å². The molecular formula is C17H16N4OS. The second-order valence-corrected chi connectivity index (χ2v) is 6.47. The Kier molecular flexibility index (Phi) is 3.67. The Bertz CT molecular complexity index is 837. The van der Waals surface area contributed by atoms with E-state index in [2.05, 4.69) is 20.2 Å². The van der Waals surface area contributed by atoms with Crippen LogP contribution in [0, 0.1) is 0 Å². The summed E-state index contributed by atoms with van der Waals surface area (Å²) in [7, 11) is 0. The molecule has 6 heteroatoms. The van der Waals surface area contributed by atoms with Crippen molar-refractivity contribution in [2.75, 3.05) is 23.3 Å². The Hall–Kier alpha value is -2.47. The van der Waals surface area contributed by atoms with E-state index in [0.717, 1.165) is 29.1 Å². The highest BCUT2D eigenvalue weighted by Crippen LogP contribution is 2.21. The van der Waals surface area contributed by atoms with Crippen LogP contribution in [0.15, 0.2) is 42.0 Å². The molecule has 0 atom stereocenters. The number of carbonyl (C=O) groups excluding carboxylic acids is 1. The fourth-order valence-electron chi connectivity index (χ4n) is 2.79. The normalized spacial score (nSPS) is 14.3. The number of nitrogens with zero attached hydrogens (tertiary/aromatic N) is 3. The van der Waals surface area contributed by atoms with E-state index < -0.39 is 0 Å². The van der Waals surface area contributed by atoms with E-state index in [0.29, 0.717) is 11.3 Å². The zero-order valence-electron chi connectivity index (χ0n) is 12.5. The fourth-order valence-corrected chi connectivity index (χ4v) is 3.51. The maximum atomic E-state index is 12.4. The average molecular weight is 324 g/mol. The molecule has 1 fully saturated rings. The summed E-state index contributed by atoms with van der Waals surface area (Å²) in [6.07, 6.45) is 4.16. The smallest absolute Gasteiger partial charge is 0.255 e. The van der Waals surface area contributed by atoms with Crippen LogP contribution < -0.4 is 10.2 Å². The van der Waals surface area contributed by atoms with Gasteiger partial charge in [0, 0.05) is 18.7 Å². The number of rotatable bonds is 3. The number of fused-ring (bicyclic) bond motifs is 1. The predicted octanol–water partition coefficient (Wildman–Crippen LogP) is 3.54. The van der Waals surface area contributed by atoms with E-state index in [1.54, 1.807) is 17.8 Å². The summed E-state index contributed by atoms with van der Waals surface area (Å²) in [6, 6.07) is 9.41. The van der Waals surface area contributed by atoms with Gasteiger partial charge in [-0.3, -0.25) is 4.79 Å². The van der Waals surface area contributed by atoms with Crippen LogP contribution in [0.4, 0.5) is 11.5 Å². The molecule has 23 heavy (non-hydrogen) atoms. The van der Waals surface area contributed by atoms with Crippen LogP contribution in [0.25, 0.3) is 10.2 Å². The van der Waals surface area contributed by atoms with Crippen LogP contribution in [0.2, 0.25) is 0 Å². The zero-order valence-corrected chi connectivity index (χ0v) is 13.3. The number of hydrogen-bond acceptors (Lipinski definition) is 5. The summed E-state index contributed by atoms with van der Waals surface area (Å²) in [6.45, 7) is 2.13. The molecule has 1 aromatic carbocycles. The molecule has 5 nitrogen and oxygen atoms in total. The van der Waals surface area contributed by atoms with Gasteiger partial charge in [-0.1, -0.05) is 0 Å². The second kappa shape index (κ2) is 5.96. The van der Waals surface area contributed by atoms with Crippen LogP contribution in [0.3, 0.4) is 0 Å². The number of aromatic nitrogens is 2. The Morgan fingerprint density at radius 2 is 2.00 bits per heavy atom. The summed E-state index contributed by atoms with van der Waals surface area (Å²) in [5, 5.41) is 2.90. The van der Waals surface area contributed by atoms with Gasteiger partial charge in [0.05, 0.1) is 27.6 Å². The van der Waals surface area contributed by atoms with Gasteiger partial charge in [0.2, 0.25) is 0 Å². The first kappa shape index (κ1) is 14.1. The molecule has 3 aromatic rings. The molecule has 1 N–H and O–H groups in total. The SMILES string of the molecule is O=C(Nc1ccc(N2CCCC2)nc1)c1ccc2ncsc2c1. The number of amides is 1. The van der Waals surface area contributed by atoms with Crippen LogP contribution >= 0.6 is 11.3 Å². The van der Waals surface area contributed by atoms with Crippen molar-refractivity contribution in [2.24, 2.45) is 0 Å². The van der Waals surface area contributed by atoms with E-state index in [9.17, 15) is 4.79 Å². The molecular weight excluding hydrogens is 308 g/mol. The second-order valence-electron chi connectivity index (χ2n) is 5.59. The highest BCUT2D eigenvalue weighted by atomic mass is 32.1. The molecule has 1 amide bonds. The maximum absolute atomic E-state index is 12.4. The molecule has 3 heterocycles. The number of anilines is 2. The first-order chi connectivity index (χ1) is 11.3. The third-order valence-corrected chi connectivity index (χ3v) is 4.82. The molecule has 0 unspecified atom stereocenters. The van der Waals surface area contributed by atoms with Gasteiger partial charge in [0.1, 0.15) is 5.82 Å². The molecule has 0 radical (unpaired) electrons. The first-order valence-corrected chi connectivity index (χ1v) is 8.53. The van der Waals surface area contributed by atoms with E-state index in [1.165, 1.54) is 24.2 Å². The molecule has 1 saturated heterocycles. The fraction of sp³-hybridized carbons (Fsp3) is 0.235. The zero-order chi connectivity index (χ0) is 15.6. The summed E-state index contributed by atoms with van der Waals surface area (Å²) in [5.74, 6) is 0.850. The van der Waals surface area contributed by atoms with Gasteiger partial charge in [-0.25, -0.2) is 9.97 Å². The highest BCUT2D eigenvalue weighted by Gasteiger charge is 2.13. The Morgan fingerprint density at radius 1 is 1.13 bits per heavy atom. The molecule has 2 aromatic heterocycles. The van der Waals surface area contributed by atoms with Gasteiger partial charge in [0.15, 0.2) is 0 Å². The lowest BCUT2D eigenvalue weighted by Gasteiger charge is -2.16. The maximum Gasteiger partial charge on any atom is 0.255 e. The van der Waals surface area contributed by atoms with Gasteiger partial charge in [-0.15, -0.1) is 11.3 Å². The standard InChI is InChI=1S/C17H16N4OS/c22-17(12-3-5-14-15(9-12)23-11-19-14)20-13-4-6-16(18-10-13)21-7-1-2-8-21/h3-6,9-11H,1-2,7-8H2,(H,20,22). The molecule has 1 aliphatic heterocycles. The summed E-state index contributed by atoms with van der Waals surface area (Å²) in [4.78, 5) is 23.3. The summed E-state index contributed by atoms with van der Waals surface area (Å²) >= 11 is 1.53. The molecule has 4 rings (SSSR count). The van der Waals surface area contributed by atoms with Crippen molar-refractivity contribution < 1.29 is 4.79 Å². The molecule has 1 aliphatic rings. The molecule has 116 valence electrons. The summed E-state index contributed by atoms with van der Waals surface area (Å²) in [5.41, 5.74) is 4.05. The van der Waals surface area contributed by atoms with Gasteiger partial charge in [0.25, 0.3) is 5.91 Å². The Labute approximate surface area is 138 Å². The van der Waals surface area contributed by atoms with Crippen molar-refractivity contribution in [1.82, 2.24) is 9.97 Å². The molecule has 0 spiro atoms. The lowest BCUT2D eigenvalue weighted by Crippen LogP contribution is -2.19. The Balaban J connectivity index is 1.49. The number of nitrogens with one attached hydrogen (secondary N) is 1. The topological polar surface area (TPSA) is 58.1 Å². The van der Waals surface area contributed by atoms with E-state index in [1.807, 2.05) is 24.3 Å². The van der Waals surface area contributed by atoms with E-state index in [-0.39, 0.29) is 5.91 Å². The quantitative estimate of drug-likeness (QED) is 0.800. The van der Waals surface area contributed by atoms with Gasteiger partial charge >= 0.3 is 0 Å². The van der Waals surface area contributed by atoms with Crippen molar-refractivity contribution in [1.29, 1.82) is 0 Å². The number of thiazole rings is 1. The van der Waals surface area contributed by atoms with Crippen LogP contribution in [-0.2, 0) is 0 Å². The number of hydrogen-bond donors (Lipinski definition) is 1. The molecule has 0 aliphatic carbocycles. The Morgan fingerprint density at radius 3 is 2.78 bits per heavy atom. The minimum atomic E-state index is -0.129. The van der Waals surface area contributed by atoms with E-state index >= 15 is 0 Å². The van der Waals surface area contributed by atoms with Crippen LogP contribution in [0.5, 0.6) is 0 Å². The highest BCUT2D eigenvalue weighted by molar-refractivity contribution is 7.16. The largest absolute Gasteiger partial charge is 0.357 e.